The van der Waals surface area contributed by atoms with E-state index in [0.717, 1.165) is 6.07 Å². The van der Waals surface area contributed by atoms with Crippen molar-refractivity contribution in [3.05, 3.63) is 18.2 Å². The molecule has 0 spiro atoms. The summed E-state index contributed by atoms with van der Waals surface area (Å²) in [4.78, 5) is -0.316. The van der Waals surface area contributed by atoms with Crippen molar-refractivity contribution in [1.29, 1.82) is 0 Å². The predicted octanol–water partition coefficient (Wildman–Crippen LogP) is 0.536. The van der Waals surface area contributed by atoms with E-state index in [2.05, 4.69) is 5.32 Å². The van der Waals surface area contributed by atoms with E-state index < -0.39 is 10.1 Å². The van der Waals surface area contributed by atoms with Crippen molar-refractivity contribution in [2.45, 2.75) is 4.90 Å². The number of ether oxygens (including phenoxy) is 1. The molecule has 17 heavy (non-hydrogen) atoms. The van der Waals surface area contributed by atoms with Gasteiger partial charge in [-0.1, -0.05) is 0 Å². The first kappa shape index (κ1) is 16.0. The summed E-state index contributed by atoms with van der Waals surface area (Å²) >= 11 is 0. The average Bonchev–Trinajstić information content (AvgIpc) is 2.19. The Labute approximate surface area is 106 Å². The van der Waals surface area contributed by atoms with Crippen LogP contribution in [0.1, 0.15) is 0 Å². The van der Waals surface area contributed by atoms with Gasteiger partial charge in [0.15, 0.2) is 0 Å². The van der Waals surface area contributed by atoms with Gasteiger partial charge in [-0.3, -0.25) is 4.55 Å². The maximum absolute atomic E-state index is 11.0. The molecule has 1 aromatic carbocycles. The lowest BCUT2D eigenvalue weighted by Gasteiger charge is -2.09. The highest BCUT2D eigenvalue weighted by Crippen LogP contribution is 2.25. The minimum atomic E-state index is -4.32. The number of anilines is 1. The third kappa shape index (κ3) is 4.78. The van der Waals surface area contributed by atoms with Crippen molar-refractivity contribution in [3.8, 4) is 5.75 Å². The van der Waals surface area contributed by atoms with Gasteiger partial charge in [-0.15, -0.1) is 12.4 Å². The number of rotatable bonds is 5. The number of likely N-dealkylation sites (N-methyl/N-ethyl adjacent to an activating group) is 1. The highest BCUT2D eigenvalue weighted by atomic mass is 35.5. The molecule has 8 heteroatoms. The summed E-state index contributed by atoms with van der Waals surface area (Å²) in [7, 11) is -2.57. The highest BCUT2D eigenvalue weighted by molar-refractivity contribution is 7.86. The quantitative estimate of drug-likeness (QED) is 0.414. The lowest BCUT2D eigenvalue weighted by Crippen LogP contribution is -2.17. The molecule has 0 aliphatic carbocycles. The number of nitrogens with two attached hydrogens (primary N) is 1. The van der Waals surface area contributed by atoms with E-state index in [-0.39, 0.29) is 28.7 Å². The van der Waals surface area contributed by atoms with Crippen LogP contribution in [0.2, 0.25) is 0 Å². The Morgan fingerprint density at radius 3 is 2.65 bits per heavy atom. The van der Waals surface area contributed by atoms with E-state index in [1.807, 2.05) is 0 Å². The molecule has 0 radical (unpaired) electrons. The van der Waals surface area contributed by atoms with Crippen LogP contribution < -0.4 is 15.8 Å². The molecule has 0 bridgehead atoms. The summed E-state index contributed by atoms with van der Waals surface area (Å²) in [5.41, 5.74) is 5.68. The van der Waals surface area contributed by atoms with Crippen molar-refractivity contribution in [2.24, 2.45) is 0 Å². The summed E-state index contributed by atoms with van der Waals surface area (Å²) < 4.78 is 36.3. The second-order valence-electron chi connectivity index (χ2n) is 3.13. The molecule has 4 N–H and O–H groups in total. The van der Waals surface area contributed by atoms with Gasteiger partial charge in [-0.05, 0) is 25.2 Å². The standard InChI is InChI=1S/C9H14N2O4S.ClH/c1-11-4-5-15-8-3-2-7(10)6-9(8)16(12,13)14;/h2-3,6,11H,4-5,10H2,1H3,(H,12,13,14);1H. The van der Waals surface area contributed by atoms with Crippen molar-refractivity contribution in [1.82, 2.24) is 5.32 Å². The summed E-state index contributed by atoms with van der Waals surface area (Å²) in [6.45, 7) is 0.859. The van der Waals surface area contributed by atoms with Gasteiger partial charge in [0, 0.05) is 12.2 Å². The van der Waals surface area contributed by atoms with Crippen LogP contribution in [0.15, 0.2) is 23.1 Å². The molecular formula is C9H15ClN2O4S. The fourth-order valence-electron chi connectivity index (χ4n) is 1.11. The molecule has 0 aliphatic heterocycles. The van der Waals surface area contributed by atoms with Crippen LogP contribution in [0.25, 0.3) is 0 Å². The van der Waals surface area contributed by atoms with Crippen LogP contribution in [0.3, 0.4) is 0 Å². The molecule has 1 aromatic rings. The van der Waals surface area contributed by atoms with Gasteiger partial charge in [0.1, 0.15) is 17.3 Å². The first-order valence-corrected chi connectivity index (χ1v) is 6.03. The molecule has 6 nitrogen and oxygen atoms in total. The SMILES string of the molecule is CNCCOc1ccc(N)cc1S(=O)(=O)O.Cl. The maximum Gasteiger partial charge on any atom is 0.298 e. The van der Waals surface area contributed by atoms with Crippen LogP contribution in [0, 0.1) is 0 Å². The molecule has 0 unspecified atom stereocenters. The Kier molecular flexibility index (Phi) is 6.25. The van der Waals surface area contributed by atoms with Gasteiger partial charge in [-0.25, -0.2) is 0 Å². The molecule has 0 heterocycles. The zero-order valence-corrected chi connectivity index (χ0v) is 10.8. The minimum absolute atomic E-state index is 0. The van der Waals surface area contributed by atoms with Crippen LogP contribution >= 0.6 is 12.4 Å². The monoisotopic (exact) mass is 282 g/mol. The van der Waals surface area contributed by atoms with Gasteiger partial charge in [0.2, 0.25) is 0 Å². The first-order valence-electron chi connectivity index (χ1n) is 4.59. The molecule has 0 aliphatic rings. The van der Waals surface area contributed by atoms with E-state index in [1.165, 1.54) is 12.1 Å². The number of hydrogen-bond acceptors (Lipinski definition) is 5. The van der Waals surface area contributed by atoms with Gasteiger partial charge >= 0.3 is 0 Å². The average molecular weight is 283 g/mol. The third-order valence-corrected chi connectivity index (χ3v) is 2.73. The van der Waals surface area contributed by atoms with Gasteiger partial charge in [0.05, 0.1) is 0 Å². The maximum atomic E-state index is 11.0. The molecule has 0 saturated carbocycles. The van der Waals surface area contributed by atoms with E-state index >= 15 is 0 Å². The Morgan fingerprint density at radius 2 is 2.12 bits per heavy atom. The molecule has 0 amide bonds. The Bertz CT molecular complexity index is 464. The Morgan fingerprint density at radius 1 is 1.47 bits per heavy atom. The van der Waals surface area contributed by atoms with Gasteiger partial charge < -0.3 is 15.8 Å². The molecule has 0 aromatic heterocycles. The molecule has 98 valence electrons. The normalized spacial score (nSPS) is 10.7. The molecule has 0 fully saturated rings. The predicted molar refractivity (Wildman–Crippen MR) is 67.3 cm³/mol. The summed E-state index contributed by atoms with van der Waals surface area (Å²) in [6.07, 6.45) is 0. The fraction of sp³-hybridized carbons (Fsp3) is 0.333. The van der Waals surface area contributed by atoms with Crippen LogP contribution in [0.4, 0.5) is 5.69 Å². The van der Waals surface area contributed by atoms with Crippen LogP contribution in [-0.4, -0.2) is 33.2 Å². The second kappa shape index (κ2) is 6.65. The highest BCUT2D eigenvalue weighted by Gasteiger charge is 2.16. The molecule has 0 saturated heterocycles. The minimum Gasteiger partial charge on any atom is -0.491 e. The second-order valence-corrected chi connectivity index (χ2v) is 4.52. The Hall–Kier alpha value is -1.02. The van der Waals surface area contributed by atoms with E-state index in [9.17, 15) is 8.42 Å². The van der Waals surface area contributed by atoms with E-state index in [4.69, 9.17) is 15.0 Å². The first-order chi connectivity index (χ1) is 7.45. The molecule has 1 rings (SSSR count). The summed E-state index contributed by atoms with van der Waals surface area (Å²) in [6, 6.07) is 4.07. The third-order valence-electron chi connectivity index (χ3n) is 1.86. The number of nitrogens with one attached hydrogen (secondary N) is 1. The van der Waals surface area contributed by atoms with E-state index in [0.29, 0.717) is 13.2 Å². The summed E-state index contributed by atoms with van der Waals surface area (Å²) in [5, 5.41) is 2.85. The van der Waals surface area contributed by atoms with Gasteiger partial charge in [0.25, 0.3) is 10.1 Å². The number of hydrogen-bond donors (Lipinski definition) is 3. The molecule has 0 atom stereocenters. The fourth-order valence-corrected chi connectivity index (χ4v) is 1.77. The lowest BCUT2D eigenvalue weighted by molar-refractivity contribution is 0.309. The van der Waals surface area contributed by atoms with Gasteiger partial charge in [-0.2, -0.15) is 8.42 Å². The topological polar surface area (TPSA) is 102 Å². The summed E-state index contributed by atoms with van der Waals surface area (Å²) in [5.74, 6) is 0.0898. The number of benzene rings is 1. The molecular weight excluding hydrogens is 268 g/mol. The van der Waals surface area contributed by atoms with Crippen molar-refractivity contribution in [2.75, 3.05) is 25.9 Å². The van der Waals surface area contributed by atoms with Crippen molar-refractivity contribution < 1.29 is 17.7 Å². The zero-order valence-electron chi connectivity index (χ0n) is 9.21. The number of halogens is 1. The van der Waals surface area contributed by atoms with Crippen molar-refractivity contribution >= 4 is 28.2 Å². The van der Waals surface area contributed by atoms with E-state index in [1.54, 1.807) is 7.05 Å². The van der Waals surface area contributed by atoms with Crippen LogP contribution in [-0.2, 0) is 10.1 Å². The zero-order chi connectivity index (χ0) is 12.2. The lowest BCUT2D eigenvalue weighted by atomic mass is 10.3. The Balaban J connectivity index is 0.00000256. The van der Waals surface area contributed by atoms with Crippen LogP contribution in [0.5, 0.6) is 5.75 Å². The largest absolute Gasteiger partial charge is 0.491 e. The van der Waals surface area contributed by atoms with Crippen molar-refractivity contribution in [3.63, 3.8) is 0 Å². The smallest absolute Gasteiger partial charge is 0.298 e. The number of nitrogen functional groups attached to an aromatic ring is 1.